The lowest BCUT2D eigenvalue weighted by molar-refractivity contribution is -0.133. The van der Waals surface area contributed by atoms with Gasteiger partial charge in [0, 0.05) is 12.1 Å². The van der Waals surface area contributed by atoms with Crippen LogP contribution < -0.4 is 5.32 Å². The quantitative estimate of drug-likeness (QED) is 0.587. The van der Waals surface area contributed by atoms with Crippen LogP contribution in [0, 0.1) is 0 Å². The smallest absolute Gasteiger partial charge is 0.233 e. The van der Waals surface area contributed by atoms with Gasteiger partial charge in [0.2, 0.25) is 11.0 Å². The van der Waals surface area contributed by atoms with Crippen molar-refractivity contribution in [2.24, 2.45) is 0 Å². The highest BCUT2D eigenvalue weighted by Gasteiger charge is 2.38. The highest BCUT2D eigenvalue weighted by Crippen LogP contribution is 2.31. The summed E-state index contributed by atoms with van der Waals surface area (Å²) in [4.78, 5) is 15.0. The van der Waals surface area contributed by atoms with Crippen molar-refractivity contribution in [3.8, 4) is 0 Å². The Kier molecular flexibility index (Phi) is 6.99. The molecule has 1 N–H and O–H groups in total. The van der Waals surface area contributed by atoms with E-state index in [9.17, 15) is 13.2 Å². The van der Waals surface area contributed by atoms with Crippen LogP contribution in [-0.4, -0.2) is 58.8 Å². The Bertz CT molecular complexity index is 939. The maximum absolute atomic E-state index is 13.1. The van der Waals surface area contributed by atoms with Gasteiger partial charge in [-0.1, -0.05) is 42.4 Å². The molecule has 1 aliphatic heterocycles. The second-order valence-electron chi connectivity index (χ2n) is 7.74. The molecule has 0 aromatic carbocycles. The van der Waals surface area contributed by atoms with Crippen LogP contribution in [0.25, 0.3) is 0 Å². The molecule has 1 atom stereocenters. The minimum atomic E-state index is -3.04. The third-order valence-corrected chi connectivity index (χ3v) is 9.33. The van der Waals surface area contributed by atoms with Crippen molar-refractivity contribution in [2.75, 3.05) is 22.6 Å². The third kappa shape index (κ3) is 5.55. The van der Waals surface area contributed by atoms with E-state index < -0.39 is 9.84 Å². The van der Waals surface area contributed by atoms with E-state index in [0.717, 1.165) is 31.4 Å². The van der Waals surface area contributed by atoms with E-state index in [1.54, 1.807) is 6.26 Å². The molecule has 1 saturated carbocycles. The van der Waals surface area contributed by atoms with Crippen LogP contribution in [-0.2, 0) is 21.2 Å². The van der Waals surface area contributed by atoms with Crippen LogP contribution in [0.5, 0.6) is 0 Å². The normalized spacial score (nSPS) is 21.5. The molecule has 1 saturated heterocycles. The number of carbonyl (C=O) groups is 1. The molecule has 164 valence electrons. The molecule has 2 fully saturated rings. The number of furan rings is 1. The second-order valence-corrected chi connectivity index (χ2v) is 12.2. The monoisotopic (exact) mass is 470 g/mol. The van der Waals surface area contributed by atoms with Crippen LogP contribution in [0.4, 0.5) is 5.13 Å². The fourth-order valence-electron chi connectivity index (χ4n) is 4.17. The van der Waals surface area contributed by atoms with E-state index >= 15 is 0 Å². The summed E-state index contributed by atoms with van der Waals surface area (Å²) in [5, 5.41) is 12.1. The molecule has 8 nitrogen and oxygen atoms in total. The predicted octanol–water partition coefficient (Wildman–Crippen LogP) is 3.18. The van der Waals surface area contributed by atoms with Crippen molar-refractivity contribution < 1.29 is 17.6 Å². The van der Waals surface area contributed by atoms with E-state index in [1.165, 1.54) is 29.5 Å². The summed E-state index contributed by atoms with van der Waals surface area (Å²) in [7, 11) is -3.04. The number of rotatable bonds is 8. The number of sulfone groups is 1. The van der Waals surface area contributed by atoms with Crippen molar-refractivity contribution in [3.63, 3.8) is 0 Å². The molecule has 0 unspecified atom stereocenters. The molecule has 3 heterocycles. The van der Waals surface area contributed by atoms with Gasteiger partial charge in [-0.3, -0.25) is 4.79 Å². The number of amides is 1. The SMILES string of the molecule is O=C(CSc1nnc(NCc2ccco2)s1)N(C1CCCCC1)[C@@H]1CCS(=O)(=O)C1. The number of anilines is 1. The Morgan fingerprint density at radius 1 is 1.23 bits per heavy atom. The molecule has 1 amide bonds. The average Bonchev–Trinajstić information content (AvgIpc) is 3.47. The number of nitrogens with one attached hydrogen (secondary N) is 1. The zero-order valence-corrected chi connectivity index (χ0v) is 19.1. The minimum Gasteiger partial charge on any atom is -0.467 e. The van der Waals surface area contributed by atoms with E-state index in [0.29, 0.717) is 22.4 Å². The Morgan fingerprint density at radius 3 is 2.77 bits per heavy atom. The molecule has 0 bridgehead atoms. The van der Waals surface area contributed by atoms with Gasteiger partial charge in [-0.2, -0.15) is 0 Å². The van der Waals surface area contributed by atoms with Gasteiger partial charge in [0.1, 0.15) is 5.76 Å². The van der Waals surface area contributed by atoms with Crippen LogP contribution in [0.15, 0.2) is 27.2 Å². The largest absolute Gasteiger partial charge is 0.467 e. The zero-order chi connectivity index (χ0) is 21.0. The molecule has 2 aromatic heterocycles. The van der Waals surface area contributed by atoms with Crippen molar-refractivity contribution in [3.05, 3.63) is 24.2 Å². The van der Waals surface area contributed by atoms with Crippen LogP contribution in [0.1, 0.15) is 44.3 Å². The summed E-state index contributed by atoms with van der Waals surface area (Å²) < 4.78 is 30.0. The Morgan fingerprint density at radius 2 is 2.07 bits per heavy atom. The van der Waals surface area contributed by atoms with Gasteiger partial charge in [-0.15, -0.1) is 10.2 Å². The lowest BCUT2D eigenvalue weighted by atomic mass is 9.93. The topological polar surface area (TPSA) is 105 Å². The number of carbonyl (C=O) groups excluding carboxylic acids is 1. The fourth-order valence-corrected chi connectivity index (χ4v) is 7.50. The zero-order valence-electron chi connectivity index (χ0n) is 16.7. The highest BCUT2D eigenvalue weighted by molar-refractivity contribution is 8.01. The first-order chi connectivity index (χ1) is 14.5. The average molecular weight is 471 g/mol. The first-order valence-corrected chi connectivity index (χ1v) is 13.9. The molecule has 1 aliphatic carbocycles. The Balaban J connectivity index is 1.35. The molecule has 2 aromatic rings. The van der Waals surface area contributed by atoms with Crippen molar-refractivity contribution in [1.82, 2.24) is 15.1 Å². The van der Waals surface area contributed by atoms with Crippen LogP contribution >= 0.6 is 23.1 Å². The van der Waals surface area contributed by atoms with Crippen LogP contribution in [0.3, 0.4) is 0 Å². The summed E-state index contributed by atoms with van der Waals surface area (Å²) in [6.07, 6.45) is 7.49. The number of hydrogen-bond donors (Lipinski definition) is 1. The summed E-state index contributed by atoms with van der Waals surface area (Å²) in [5.41, 5.74) is 0. The van der Waals surface area contributed by atoms with E-state index in [2.05, 4.69) is 15.5 Å². The molecule has 2 aliphatic rings. The van der Waals surface area contributed by atoms with Crippen molar-refractivity contribution in [2.45, 2.75) is 61.5 Å². The second kappa shape index (κ2) is 9.69. The summed E-state index contributed by atoms with van der Waals surface area (Å²) >= 11 is 2.76. The van der Waals surface area contributed by atoms with Gasteiger partial charge in [-0.05, 0) is 31.4 Å². The number of aromatic nitrogens is 2. The van der Waals surface area contributed by atoms with Crippen LogP contribution in [0.2, 0.25) is 0 Å². The molecule has 0 spiro atoms. The lowest BCUT2D eigenvalue weighted by Gasteiger charge is -2.38. The van der Waals surface area contributed by atoms with Crippen molar-refractivity contribution in [1.29, 1.82) is 0 Å². The van der Waals surface area contributed by atoms with Gasteiger partial charge >= 0.3 is 0 Å². The van der Waals surface area contributed by atoms with Gasteiger partial charge in [-0.25, -0.2) is 8.42 Å². The van der Waals surface area contributed by atoms with Gasteiger partial charge in [0.25, 0.3) is 0 Å². The first-order valence-electron chi connectivity index (χ1n) is 10.2. The van der Waals surface area contributed by atoms with Gasteiger partial charge in [0.15, 0.2) is 14.2 Å². The number of nitrogens with zero attached hydrogens (tertiary/aromatic N) is 3. The molecular formula is C19H26N4O4S3. The molecule has 0 radical (unpaired) electrons. The third-order valence-electron chi connectivity index (χ3n) is 5.58. The number of hydrogen-bond acceptors (Lipinski definition) is 9. The molecule has 11 heteroatoms. The van der Waals surface area contributed by atoms with Gasteiger partial charge in [0.05, 0.1) is 30.1 Å². The van der Waals surface area contributed by atoms with E-state index in [-0.39, 0.29) is 35.2 Å². The van der Waals surface area contributed by atoms with E-state index in [4.69, 9.17) is 4.42 Å². The lowest BCUT2D eigenvalue weighted by Crippen LogP contribution is -2.49. The van der Waals surface area contributed by atoms with Gasteiger partial charge < -0.3 is 14.6 Å². The summed E-state index contributed by atoms with van der Waals surface area (Å²) in [6, 6.07) is 3.68. The molecule has 4 rings (SSSR count). The molecule has 30 heavy (non-hydrogen) atoms. The number of thioether (sulfide) groups is 1. The molecular weight excluding hydrogens is 444 g/mol. The first kappa shape index (κ1) is 21.6. The standard InChI is InChI=1S/C19H26N4O4S3/c24-17(12-28-19-22-21-18(29-19)20-11-16-7-4-9-27-16)23(14-5-2-1-3-6-14)15-8-10-30(25,26)13-15/h4,7,9,14-15H,1-3,5-6,8,10-13H2,(H,20,21)/t15-/m1/s1. The Hall–Kier alpha value is -1.59. The predicted molar refractivity (Wildman–Crippen MR) is 117 cm³/mol. The minimum absolute atomic E-state index is 0.00861. The Labute approximate surface area is 184 Å². The highest BCUT2D eigenvalue weighted by atomic mass is 32.2. The fraction of sp³-hybridized carbons (Fsp3) is 0.632. The summed E-state index contributed by atoms with van der Waals surface area (Å²) in [5.74, 6) is 1.35. The van der Waals surface area contributed by atoms with E-state index in [1.807, 2.05) is 17.0 Å². The summed E-state index contributed by atoms with van der Waals surface area (Å²) in [6.45, 7) is 0.525. The maximum atomic E-state index is 13.1. The maximum Gasteiger partial charge on any atom is 0.233 e. The van der Waals surface area contributed by atoms with Crippen molar-refractivity contribution >= 4 is 44.0 Å².